The Kier molecular flexibility index (Phi) is 9.61. The second-order valence-corrected chi connectivity index (χ2v) is 10.9. The van der Waals surface area contributed by atoms with Gasteiger partial charge in [0.1, 0.15) is 0 Å². The second kappa shape index (κ2) is 11.5. The fraction of sp³-hybridized carbons (Fsp3) is 0.682. The molecule has 2 atom stereocenters. The standard InChI is InChI=1S/C22H37N2O3PS/c1-16(2)26-28(25,27-17(3)4)21(20-14-10-7-11-15-20)24-22(29)23-18(5)19-12-8-6-9-13-19/h7,10-11,14-19,21H,6,8-9,12-13H2,1-5H3,(H2,23,24,29)/t18-,21?/m1/s1. The molecule has 0 radical (unpaired) electrons. The van der Waals surface area contributed by atoms with Gasteiger partial charge >= 0.3 is 7.60 Å². The molecule has 0 bridgehead atoms. The number of hydrogen-bond donors (Lipinski definition) is 2. The molecule has 7 heteroatoms. The molecule has 2 N–H and O–H groups in total. The van der Waals surface area contributed by atoms with Crippen LogP contribution in [0.2, 0.25) is 0 Å². The molecule has 1 aliphatic carbocycles. The van der Waals surface area contributed by atoms with Crippen molar-refractivity contribution in [1.82, 2.24) is 10.6 Å². The summed E-state index contributed by atoms with van der Waals surface area (Å²) in [5.41, 5.74) is 0.826. The first-order valence-corrected chi connectivity index (χ1v) is 12.8. The van der Waals surface area contributed by atoms with Crippen molar-refractivity contribution in [2.45, 2.75) is 90.8 Å². The van der Waals surface area contributed by atoms with Crippen LogP contribution in [0, 0.1) is 5.92 Å². The molecule has 1 aliphatic rings. The van der Waals surface area contributed by atoms with Crippen molar-refractivity contribution in [3.8, 4) is 0 Å². The molecule has 0 saturated heterocycles. The summed E-state index contributed by atoms with van der Waals surface area (Å²) < 4.78 is 25.6. The van der Waals surface area contributed by atoms with E-state index >= 15 is 0 Å². The lowest BCUT2D eigenvalue weighted by Gasteiger charge is -2.33. The summed E-state index contributed by atoms with van der Waals surface area (Å²) in [5, 5.41) is 7.16. The molecule has 5 nitrogen and oxygen atoms in total. The third-order valence-electron chi connectivity index (χ3n) is 5.13. The molecule has 164 valence electrons. The lowest BCUT2D eigenvalue weighted by Crippen LogP contribution is -2.45. The first kappa shape index (κ1) is 24.3. The van der Waals surface area contributed by atoms with Crippen molar-refractivity contribution in [2.24, 2.45) is 5.92 Å². The van der Waals surface area contributed by atoms with Crippen LogP contribution in [0.1, 0.15) is 78.1 Å². The summed E-state index contributed by atoms with van der Waals surface area (Å²) >= 11 is 5.62. The number of nitrogens with one attached hydrogen (secondary N) is 2. The SMILES string of the molecule is CC(C)OP(=O)(OC(C)C)C(NC(=S)N[C@H](C)C1CCCCC1)c1ccccc1. The van der Waals surface area contributed by atoms with Crippen LogP contribution in [0.3, 0.4) is 0 Å². The van der Waals surface area contributed by atoms with E-state index in [4.69, 9.17) is 21.3 Å². The van der Waals surface area contributed by atoms with Crippen molar-refractivity contribution < 1.29 is 13.6 Å². The molecule has 1 aromatic rings. The maximum atomic E-state index is 13.9. The molecule has 0 spiro atoms. The summed E-state index contributed by atoms with van der Waals surface area (Å²) in [4.78, 5) is 0. The predicted molar refractivity (Wildman–Crippen MR) is 124 cm³/mol. The molecular weight excluding hydrogens is 403 g/mol. The molecule has 2 rings (SSSR count). The predicted octanol–water partition coefficient (Wildman–Crippen LogP) is 6.16. The highest BCUT2D eigenvalue weighted by Gasteiger charge is 2.40. The summed E-state index contributed by atoms with van der Waals surface area (Å²) in [5.74, 6) is -0.0589. The van der Waals surface area contributed by atoms with Gasteiger partial charge in [-0.2, -0.15) is 0 Å². The molecule has 1 unspecified atom stereocenters. The fourth-order valence-electron chi connectivity index (χ4n) is 3.84. The smallest absolute Gasteiger partial charge is 0.357 e. The zero-order valence-electron chi connectivity index (χ0n) is 18.4. The van der Waals surface area contributed by atoms with Gasteiger partial charge in [0.15, 0.2) is 10.9 Å². The summed E-state index contributed by atoms with van der Waals surface area (Å²) in [7, 11) is -3.53. The van der Waals surface area contributed by atoms with Crippen LogP contribution in [0.4, 0.5) is 0 Å². The van der Waals surface area contributed by atoms with E-state index in [0.29, 0.717) is 11.0 Å². The van der Waals surface area contributed by atoms with E-state index in [-0.39, 0.29) is 18.2 Å². The first-order chi connectivity index (χ1) is 13.7. The molecular formula is C22H37N2O3PS. The topological polar surface area (TPSA) is 59.6 Å². The highest BCUT2D eigenvalue weighted by Crippen LogP contribution is 2.61. The average molecular weight is 441 g/mol. The third kappa shape index (κ3) is 7.67. The lowest BCUT2D eigenvalue weighted by molar-refractivity contribution is 0.135. The van der Waals surface area contributed by atoms with E-state index in [1.54, 1.807) is 0 Å². The number of benzene rings is 1. The molecule has 1 saturated carbocycles. The largest absolute Gasteiger partial charge is 0.360 e. The van der Waals surface area contributed by atoms with Gasteiger partial charge in [0.2, 0.25) is 0 Å². The van der Waals surface area contributed by atoms with Crippen molar-refractivity contribution in [3.05, 3.63) is 35.9 Å². The maximum Gasteiger partial charge on any atom is 0.357 e. The van der Waals surface area contributed by atoms with Crippen molar-refractivity contribution in [3.63, 3.8) is 0 Å². The zero-order chi connectivity index (χ0) is 21.4. The summed E-state index contributed by atoms with van der Waals surface area (Å²) in [6, 6.07) is 9.87. The molecule has 0 aromatic heterocycles. The minimum absolute atomic E-state index is 0.240. The highest BCUT2D eigenvalue weighted by atomic mass is 32.1. The quantitative estimate of drug-likeness (QED) is 0.354. The van der Waals surface area contributed by atoms with Crippen LogP contribution < -0.4 is 10.6 Å². The van der Waals surface area contributed by atoms with E-state index < -0.39 is 13.4 Å². The van der Waals surface area contributed by atoms with E-state index in [0.717, 1.165) is 5.56 Å². The Morgan fingerprint density at radius 1 is 0.966 bits per heavy atom. The van der Waals surface area contributed by atoms with E-state index in [1.807, 2.05) is 58.0 Å². The zero-order valence-corrected chi connectivity index (χ0v) is 20.1. The van der Waals surface area contributed by atoms with E-state index in [2.05, 4.69) is 17.6 Å². The molecule has 29 heavy (non-hydrogen) atoms. The molecule has 0 amide bonds. The van der Waals surface area contributed by atoms with Gasteiger partial charge < -0.3 is 19.7 Å². The monoisotopic (exact) mass is 440 g/mol. The Bertz CT molecular complexity index is 664. The number of hydrogen-bond acceptors (Lipinski definition) is 4. The van der Waals surface area contributed by atoms with Gasteiger partial charge in [0.25, 0.3) is 0 Å². The van der Waals surface area contributed by atoms with Gasteiger partial charge in [0.05, 0.1) is 12.2 Å². The van der Waals surface area contributed by atoms with Crippen molar-refractivity contribution in [1.29, 1.82) is 0 Å². The third-order valence-corrected chi connectivity index (χ3v) is 7.86. The molecule has 0 aliphatic heterocycles. The van der Waals surface area contributed by atoms with E-state index in [9.17, 15) is 4.57 Å². The van der Waals surface area contributed by atoms with Gasteiger partial charge in [-0.1, -0.05) is 49.6 Å². The highest BCUT2D eigenvalue weighted by molar-refractivity contribution is 7.80. The van der Waals surface area contributed by atoms with Crippen molar-refractivity contribution in [2.75, 3.05) is 0 Å². The minimum atomic E-state index is -3.53. The van der Waals surface area contributed by atoms with Gasteiger partial charge in [-0.3, -0.25) is 4.57 Å². The number of rotatable bonds is 9. The number of thiocarbonyl (C=S) groups is 1. The Hall–Kier alpha value is -0.940. The molecule has 1 fully saturated rings. The van der Waals surface area contributed by atoms with Crippen LogP contribution >= 0.6 is 19.8 Å². The van der Waals surface area contributed by atoms with Gasteiger partial charge in [0, 0.05) is 6.04 Å². The lowest BCUT2D eigenvalue weighted by atomic mass is 9.85. The van der Waals surface area contributed by atoms with Crippen LogP contribution in [0.5, 0.6) is 0 Å². The Morgan fingerprint density at radius 2 is 1.52 bits per heavy atom. The van der Waals surface area contributed by atoms with Crippen LogP contribution in [0.25, 0.3) is 0 Å². The van der Waals surface area contributed by atoms with Gasteiger partial charge in [-0.05, 0) is 71.2 Å². The Balaban J connectivity index is 2.20. The van der Waals surface area contributed by atoms with Crippen molar-refractivity contribution >= 4 is 24.9 Å². The maximum absolute atomic E-state index is 13.9. The summed E-state index contributed by atoms with van der Waals surface area (Å²) in [6.45, 7) is 9.62. The van der Waals surface area contributed by atoms with Crippen LogP contribution in [-0.4, -0.2) is 23.4 Å². The Morgan fingerprint density at radius 3 is 2.03 bits per heavy atom. The van der Waals surface area contributed by atoms with Gasteiger partial charge in [-0.15, -0.1) is 0 Å². The first-order valence-electron chi connectivity index (χ1n) is 10.8. The fourth-order valence-corrected chi connectivity index (χ4v) is 6.52. The van der Waals surface area contributed by atoms with Gasteiger partial charge in [-0.25, -0.2) is 0 Å². The summed E-state index contributed by atoms with van der Waals surface area (Å²) in [6.07, 6.45) is 5.86. The van der Waals surface area contributed by atoms with E-state index in [1.165, 1.54) is 32.1 Å². The normalized spacial score (nSPS) is 17.9. The Labute approximate surface area is 181 Å². The van der Waals surface area contributed by atoms with Crippen LogP contribution in [-0.2, 0) is 13.6 Å². The molecule has 1 aromatic carbocycles. The minimum Gasteiger partial charge on any atom is -0.360 e. The second-order valence-electron chi connectivity index (χ2n) is 8.47. The van der Waals surface area contributed by atoms with Crippen LogP contribution in [0.15, 0.2) is 30.3 Å². The molecule has 0 heterocycles. The average Bonchev–Trinajstić information content (AvgIpc) is 2.66.